The molecule has 1 aliphatic heterocycles. The summed E-state index contributed by atoms with van der Waals surface area (Å²) in [7, 11) is 0. The van der Waals surface area contributed by atoms with E-state index < -0.39 is 17.2 Å². The number of aromatic nitrogens is 2. The standard InChI is InChI=1S/C26H32F2N6O2/c1-14-13-33(23-19(27)8-18(29)9-20(23)28)4-5-34(14)25-30-3-2-21(31-25)24(35)32-22-16-6-15-7-17(22)12-26(36,10-15)11-16/h2-3,8-9,14-17,22,36H,4-7,10-13,29H2,1H3,(H,32,35). The number of nitrogen functional groups attached to an aromatic ring is 1. The molecule has 10 heteroatoms. The van der Waals surface area contributed by atoms with Crippen LogP contribution >= 0.6 is 0 Å². The van der Waals surface area contributed by atoms with Crippen molar-refractivity contribution in [2.75, 3.05) is 35.2 Å². The maximum absolute atomic E-state index is 14.4. The summed E-state index contributed by atoms with van der Waals surface area (Å²) in [5, 5.41) is 14.0. The molecule has 5 fully saturated rings. The van der Waals surface area contributed by atoms with E-state index in [-0.39, 0.29) is 29.4 Å². The Morgan fingerprint density at radius 3 is 2.50 bits per heavy atom. The van der Waals surface area contributed by atoms with Gasteiger partial charge in [-0.25, -0.2) is 18.7 Å². The number of hydrogen-bond acceptors (Lipinski definition) is 7. The van der Waals surface area contributed by atoms with Gasteiger partial charge >= 0.3 is 0 Å². The van der Waals surface area contributed by atoms with Crippen molar-refractivity contribution >= 4 is 23.2 Å². The van der Waals surface area contributed by atoms with E-state index in [0.717, 1.165) is 44.2 Å². The molecule has 3 atom stereocenters. The second-order valence-electron chi connectivity index (χ2n) is 11.3. The van der Waals surface area contributed by atoms with Crippen molar-refractivity contribution in [3.8, 4) is 0 Å². The van der Waals surface area contributed by atoms with Crippen LogP contribution in [0.3, 0.4) is 0 Å². The van der Waals surface area contributed by atoms with Gasteiger partial charge in [0, 0.05) is 43.6 Å². The first-order valence-corrected chi connectivity index (χ1v) is 12.8. The smallest absolute Gasteiger partial charge is 0.270 e. The van der Waals surface area contributed by atoms with Crippen molar-refractivity contribution in [2.24, 2.45) is 17.8 Å². The van der Waals surface area contributed by atoms with Crippen LogP contribution in [0.1, 0.15) is 49.5 Å². The maximum Gasteiger partial charge on any atom is 0.270 e. The molecule has 5 aliphatic rings. The van der Waals surface area contributed by atoms with E-state index >= 15 is 0 Å². The molecule has 4 bridgehead atoms. The number of nitrogens with one attached hydrogen (secondary N) is 1. The number of nitrogens with two attached hydrogens (primary N) is 1. The zero-order chi connectivity index (χ0) is 25.2. The summed E-state index contributed by atoms with van der Waals surface area (Å²) in [5.74, 6) is 0.0388. The number of carbonyl (C=O) groups excluding carboxylic acids is 1. The second-order valence-corrected chi connectivity index (χ2v) is 11.3. The second kappa shape index (κ2) is 8.54. The fourth-order valence-electron chi connectivity index (χ4n) is 7.40. The van der Waals surface area contributed by atoms with Gasteiger partial charge in [-0.3, -0.25) is 4.79 Å². The number of amides is 1. The first-order chi connectivity index (χ1) is 17.2. The quantitative estimate of drug-likeness (QED) is 0.557. The van der Waals surface area contributed by atoms with E-state index in [4.69, 9.17) is 5.73 Å². The highest BCUT2D eigenvalue weighted by Crippen LogP contribution is 2.55. The lowest BCUT2D eigenvalue weighted by Gasteiger charge is -2.58. The van der Waals surface area contributed by atoms with Crippen LogP contribution in [0.2, 0.25) is 0 Å². The number of halogens is 2. The maximum atomic E-state index is 14.4. The van der Waals surface area contributed by atoms with Gasteiger partial charge in [-0.15, -0.1) is 0 Å². The monoisotopic (exact) mass is 498 g/mol. The van der Waals surface area contributed by atoms with Crippen LogP contribution in [-0.4, -0.2) is 58.3 Å². The van der Waals surface area contributed by atoms with Crippen LogP contribution in [0.25, 0.3) is 0 Å². The summed E-state index contributed by atoms with van der Waals surface area (Å²) >= 11 is 0. The van der Waals surface area contributed by atoms with E-state index in [9.17, 15) is 18.7 Å². The molecule has 0 spiro atoms. The normalized spacial score (nSPS) is 33.2. The summed E-state index contributed by atoms with van der Waals surface area (Å²) in [5.41, 5.74) is 5.28. The van der Waals surface area contributed by atoms with Gasteiger partial charge in [-0.05, 0) is 75.0 Å². The lowest BCUT2D eigenvalue weighted by molar-refractivity contribution is -0.136. The number of piperazine rings is 1. The number of rotatable bonds is 4. The average molecular weight is 499 g/mol. The molecule has 4 saturated carbocycles. The fraction of sp³-hybridized carbons (Fsp3) is 0.577. The number of anilines is 3. The van der Waals surface area contributed by atoms with Gasteiger partial charge in [0.2, 0.25) is 5.95 Å². The predicted octanol–water partition coefficient (Wildman–Crippen LogP) is 2.72. The number of nitrogens with zero attached hydrogens (tertiary/aromatic N) is 4. The summed E-state index contributed by atoms with van der Waals surface area (Å²) in [6, 6.07) is 3.80. The fourth-order valence-corrected chi connectivity index (χ4v) is 7.40. The van der Waals surface area contributed by atoms with Crippen molar-refractivity contribution in [1.29, 1.82) is 0 Å². The topological polar surface area (TPSA) is 108 Å². The van der Waals surface area contributed by atoms with E-state index in [1.807, 2.05) is 11.8 Å². The van der Waals surface area contributed by atoms with E-state index in [1.165, 1.54) is 0 Å². The molecule has 1 aromatic carbocycles. The SMILES string of the molecule is CC1CN(c2c(F)cc(N)cc2F)CCN1c1nccc(C(=O)NC2C3CC4CC2CC(O)(C4)C3)n1. The lowest BCUT2D eigenvalue weighted by Crippen LogP contribution is -2.61. The van der Waals surface area contributed by atoms with Crippen molar-refractivity contribution in [3.63, 3.8) is 0 Å². The minimum atomic E-state index is -0.681. The van der Waals surface area contributed by atoms with Crippen LogP contribution in [-0.2, 0) is 0 Å². The van der Waals surface area contributed by atoms with Gasteiger partial charge in [-0.2, -0.15) is 0 Å². The molecule has 4 N–H and O–H groups in total. The third-order valence-electron chi connectivity index (χ3n) is 8.65. The molecule has 192 valence electrons. The summed E-state index contributed by atoms with van der Waals surface area (Å²) in [6.45, 7) is 3.13. The Morgan fingerprint density at radius 2 is 1.86 bits per heavy atom. The summed E-state index contributed by atoms with van der Waals surface area (Å²) in [6.07, 6.45) is 6.13. The predicted molar refractivity (Wildman–Crippen MR) is 132 cm³/mol. The Bertz CT molecular complexity index is 1160. The highest BCUT2D eigenvalue weighted by atomic mass is 19.1. The van der Waals surface area contributed by atoms with Crippen molar-refractivity contribution < 1.29 is 18.7 Å². The van der Waals surface area contributed by atoms with Gasteiger partial charge in [-0.1, -0.05) is 0 Å². The van der Waals surface area contributed by atoms with Crippen LogP contribution in [0, 0.1) is 29.4 Å². The Morgan fingerprint density at radius 1 is 1.17 bits per heavy atom. The summed E-state index contributed by atoms with van der Waals surface area (Å²) < 4.78 is 28.9. The molecule has 1 amide bonds. The molecule has 0 radical (unpaired) electrons. The van der Waals surface area contributed by atoms with Crippen molar-refractivity contribution in [1.82, 2.24) is 15.3 Å². The Labute approximate surface area is 208 Å². The van der Waals surface area contributed by atoms with Crippen molar-refractivity contribution in [2.45, 2.75) is 56.7 Å². The molecule has 36 heavy (non-hydrogen) atoms. The van der Waals surface area contributed by atoms with E-state index in [2.05, 4.69) is 15.3 Å². The third-order valence-corrected chi connectivity index (χ3v) is 8.65. The van der Waals surface area contributed by atoms with Gasteiger partial charge in [0.1, 0.15) is 11.4 Å². The van der Waals surface area contributed by atoms with E-state index in [1.54, 1.807) is 17.2 Å². The minimum Gasteiger partial charge on any atom is -0.399 e. The lowest BCUT2D eigenvalue weighted by atomic mass is 9.52. The largest absolute Gasteiger partial charge is 0.399 e. The van der Waals surface area contributed by atoms with E-state index in [0.29, 0.717) is 49.0 Å². The zero-order valence-electron chi connectivity index (χ0n) is 20.3. The summed E-state index contributed by atoms with van der Waals surface area (Å²) in [4.78, 5) is 25.8. The molecule has 3 unspecified atom stereocenters. The highest BCUT2D eigenvalue weighted by molar-refractivity contribution is 5.92. The Hall–Kier alpha value is -3.01. The minimum absolute atomic E-state index is 0.0495. The van der Waals surface area contributed by atoms with Crippen LogP contribution in [0.5, 0.6) is 0 Å². The Kier molecular flexibility index (Phi) is 5.55. The zero-order valence-corrected chi connectivity index (χ0v) is 20.3. The molecular weight excluding hydrogens is 466 g/mol. The number of carbonyl (C=O) groups is 1. The molecule has 1 aromatic heterocycles. The number of aliphatic hydroxyl groups is 1. The first-order valence-electron chi connectivity index (χ1n) is 12.8. The average Bonchev–Trinajstić information content (AvgIpc) is 2.80. The van der Waals surface area contributed by atoms with Crippen LogP contribution < -0.4 is 20.9 Å². The van der Waals surface area contributed by atoms with Gasteiger partial charge in [0.05, 0.1) is 5.60 Å². The Balaban J connectivity index is 1.14. The van der Waals surface area contributed by atoms with Gasteiger partial charge in [0.15, 0.2) is 11.6 Å². The van der Waals surface area contributed by atoms with Gasteiger partial charge < -0.3 is 26.0 Å². The molecule has 8 nitrogen and oxygen atoms in total. The number of benzene rings is 1. The molecule has 1 saturated heterocycles. The van der Waals surface area contributed by atoms with Crippen LogP contribution in [0.15, 0.2) is 24.4 Å². The van der Waals surface area contributed by atoms with Crippen LogP contribution in [0.4, 0.5) is 26.1 Å². The first kappa shape index (κ1) is 23.4. The molecule has 4 aliphatic carbocycles. The van der Waals surface area contributed by atoms with Gasteiger partial charge in [0.25, 0.3) is 5.91 Å². The molecular formula is C26H32F2N6O2. The highest BCUT2D eigenvalue weighted by Gasteiger charge is 2.55. The molecule has 7 rings (SSSR count). The molecule has 2 aromatic rings. The third kappa shape index (κ3) is 4.05. The molecule has 2 heterocycles. The number of hydrogen-bond donors (Lipinski definition) is 3. The van der Waals surface area contributed by atoms with Crippen molar-refractivity contribution in [3.05, 3.63) is 41.7 Å².